The van der Waals surface area contributed by atoms with E-state index in [9.17, 15) is 4.79 Å². The number of carbonyl (C=O) groups excluding carboxylic acids is 1. The van der Waals surface area contributed by atoms with Gasteiger partial charge in [-0.15, -0.1) is 0 Å². The molecule has 0 saturated carbocycles. The standard InChI is InChI=1S/C19H21NO2/c1-4-22-19(21)17-9-11-18(12-10-17)20-13-15-5-7-16(8-6-15)14(2)3/h5-14H,4H2,1-3H3/b20-13+. The lowest BCUT2D eigenvalue weighted by molar-refractivity contribution is 0.0526. The van der Waals surface area contributed by atoms with Crippen LogP contribution in [0.2, 0.25) is 0 Å². The van der Waals surface area contributed by atoms with E-state index >= 15 is 0 Å². The highest BCUT2D eigenvalue weighted by atomic mass is 16.5. The van der Waals surface area contributed by atoms with Crippen LogP contribution in [0.15, 0.2) is 53.5 Å². The first-order chi connectivity index (χ1) is 10.6. The van der Waals surface area contributed by atoms with Crippen LogP contribution in [0.5, 0.6) is 0 Å². The smallest absolute Gasteiger partial charge is 0.338 e. The number of esters is 1. The Morgan fingerprint density at radius 1 is 1.09 bits per heavy atom. The molecule has 2 rings (SSSR count). The van der Waals surface area contributed by atoms with Crippen molar-refractivity contribution in [1.29, 1.82) is 0 Å². The van der Waals surface area contributed by atoms with Gasteiger partial charge in [0.15, 0.2) is 0 Å². The molecule has 0 aliphatic carbocycles. The Labute approximate surface area is 131 Å². The molecular formula is C19H21NO2. The molecule has 22 heavy (non-hydrogen) atoms. The van der Waals surface area contributed by atoms with Crippen LogP contribution >= 0.6 is 0 Å². The second-order valence-corrected chi connectivity index (χ2v) is 5.35. The summed E-state index contributed by atoms with van der Waals surface area (Å²) >= 11 is 0. The van der Waals surface area contributed by atoms with Gasteiger partial charge in [0.05, 0.1) is 17.9 Å². The van der Waals surface area contributed by atoms with Crippen molar-refractivity contribution in [3.05, 3.63) is 65.2 Å². The third kappa shape index (κ3) is 4.29. The largest absolute Gasteiger partial charge is 0.462 e. The molecule has 0 unspecified atom stereocenters. The van der Waals surface area contributed by atoms with Gasteiger partial charge in [0.1, 0.15) is 0 Å². The molecule has 0 radical (unpaired) electrons. The van der Waals surface area contributed by atoms with Crippen molar-refractivity contribution >= 4 is 17.9 Å². The fourth-order valence-electron chi connectivity index (χ4n) is 2.01. The minimum atomic E-state index is -0.303. The Balaban J connectivity index is 2.05. The monoisotopic (exact) mass is 295 g/mol. The molecule has 3 heteroatoms. The summed E-state index contributed by atoms with van der Waals surface area (Å²) in [7, 11) is 0. The van der Waals surface area contributed by atoms with E-state index in [1.807, 2.05) is 18.3 Å². The van der Waals surface area contributed by atoms with Gasteiger partial charge in [-0.25, -0.2) is 4.79 Å². The highest BCUT2D eigenvalue weighted by Gasteiger charge is 2.04. The molecule has 0 bridgehead atoms. The molecule has 0 aliphatic heterocycles. The SMILES string of the molecule is CCOC(=O)c1ccc(/N=C/c2ccc(C(C)C)cc2)cc1. The lowest BCUT2D eigenvalue weighted by atomic mass is 10.0. The molecule has 0 heterocycles. The summed E-state index contributed by atoms with van der Waals surface area (Å²) in [6, 6.07) is 15.4. The van der Waals surface area contributed by atoms with Crippen LogP contribution in [0.1, 0.15) is 48.2 Å². The highest BCUT2D eigenvalue weighted by Crippen LogP contribution is 2.16. The highest BCUT2D eigenvalue weighted by molar-refractivity contribution is 5.90. The molecule has 2 aromatic rings. The first-order valence-corrected chi connectivity index (χ1v) is 7.51. The van der Waals surface area contributed by atoms with E-state index in [4.69, 9.17) is 4.74 Å². The van der Waals surface area contributed by atoms with Gasteiger partial charge in [0.2, 0.25) is 0 Å². The molecule has 0 amide bonds. The predicted molar refractivity (Wildman–Crippen MR) is 90.2 cm³/mol. The fourth-order valence-corrected chi connectivity index (χ4v) is 2.01. The quantitative estimate of drug-likeness (QED) is 0.590. The summed E-state index contributed by atoms with van der Waals surface area (Å²) in [5, 5.41) is 0. The summed E-state index contributed by atoms with van der Waals surface area (Å²) in [4.78, 5) is 16.0. The second-order valence-electron chi connectivity index (χ2n) is 5.35. The molecule has 0 aromatic heterocycles. The predicted octanol–water partition coefficient (Wildman–Crippen LogP) is 4.74. The molecule has 114 valence electrons. The Morgan fingerprint density at radius 3 is 2.27 bits per heavy atom. The number of hydrogen-bond acceptors (Lipinski definition) is 3. The van der Waals surface area contributed by atoms with E-state index in [0.717, 1.165) is 11.3 Å². The van der Waals surface area contributed by atoms with Crippen LogP contribution in [0.3, 0.4) is 0 Å². The average Bonchev–Trinajstić information content (AvgIpc) is 2.54. The maximum atomic E-state index is 11.6. The Hall–Kier alpha value is -2.42. The first kappa shape index (κ1) is 16.0. The van der Waals surface area contributed by atoms with Crippen molar-refractivity contribution in [2.45, 2.75) is 26.7 Å². The van der Waals surface area contributed by atoms with E-state index in [2.05, 4.69) is 43.1 Å². The first-order valence-electron chi connectivity index (χ1n) is 7.51. The van der Waals surface area contributed by atoms with Gasteiger partial charge in [-0.2, -0.15) is 0 Å². The van der Waals surface area contributed by atoms with Gasteiger partial charge in [-0.3, -0.25) is 4.99 Å². The number of ether oxygens (including phenoxy) is 1. The summed E-state index contributed by atoms with van der Waals surface area (Å²) in [6.07, 6.45) is 1.82. The molecule has 2 aromatic carbocycles. The van der Waals surface area contributed by atoms with E-state index < -0.39 is 0 Å². The number of hydrogen-bond donors (Lipinski definition) is 0. The number of nitrogens with zero attached hydrogens (tertiary/aromatic N) is 1. The van der Waals surface area contributed by atoms with Gasteiger partial charge >= 0.3 is 5.97 Å². The fraction of sp³-hybridized carbons (Fsp3) is 0.263. The summed E-state index contributed by atoms with van der Waals surface area (Å²) in [5.74, 6) is 0.226. The van der Waals surface area contributed by atoms with Crippen LogP contribution in [0, 0.1) is 0 Å². The molecule has 0 atom stereocenters. The van der Waals surface area contributed by atoms with Crippen LogP contribution in [-0.2, 0) is 4.74 Å². The second kappa shape index (κ2) is 7.55. The normalized spacial score (nSPS) is 11.1. The van der Waals surface area contributed by atoms with Gasteiger partial charge in [0, 0.05) is 6.21 Å². The number of aliphatic imine (C=N–C) groups is 1. The number of rotatable bonds is 5. The van der Waals surface area contributed by atoms with Gasteiger partial charge in [-0.1, -0.05) is 38.1 Å². The lowest BCUT2D eigenvalue weighted by Crippen LogP contribution is -2.03. The van der Waals surface area contributed by atoms with Crippen molar-refractivity contribution in [2.24, 2.45) is 4.99 Å². The van der Waals surface area contributed by atoms with Crippen LogP contribution < -0.4 is 0 Å². The van der Waals surface area contributed by atoms with Crippen LogP contribution in [0.25, 0.3) is 0 Å². The zero-order chi connectivity index (χ0) is 15.9. The topological polar surface area (TPSA) is 38.7 Å². The Morgan fingerprint density at radius 2 is 1.73 bits per heavy atom. The van der Waals surface area contributed by atoms with Gasteiger partial charge in [-0.05, 0) is 48.2 Å². The Bertz CT molecular complexity index is 640. The van der Waals surface area contributed by atoms with Gasteiger partial charge in [0.25, 0.3) is 0 Å². The van der Waals surface area contributed by atoms with Crippen molar-refractivity contribution in [3.8, 4) is 0 Å². The molecule has 0 N–H and O–H groups in total. The van der Waals surface area contributed by atoms with E-state index in [1.54, 1.807) is 19.1 Å². The molecule has 0 fully saturated rings. The summed E-state index contributed by atoms with van der Waals surface area (Å²) < 4.78 is 4.95. The Kier molecular flexibility index (Phi) is 5.48. The van der Waals surface area contributed by atoms with Crippen LogP contribution in [0.4, 0.5) is 5.69 Å². The minimum Gasteiger partial charge on any atom is -0.462 e. The van der Waals surface area contributed by atoms with Crippen LogP contribution in [-0.4, -0.2) is 18.8 Å². The number of carbonyl (C=O) groups is 1. The zero-order valence-corrected chi connectivity index (χ0v) is 13.2. The van der Waals surface area contributed by atoms with Crippen molar-refractivity contribution < 1.29 is 9.53 Å². The van der Waals surface area contributed by atoms with E-state index in [0.29, 0.717) is 18.1 Å². The molecule has 0 saturated heterocycles. The molecule has 3 nitrogen and oxygen atoms in total. The maximum Gasteiger partial charge on any atom is 0.338 e. The van der Waals surface area contributed by atoms with Crippen molar-refractivity contribution in [1.82, 2.24) is 0 Å². The average molecular weight is 295 g/mol. The maximum absolute atomic E-state index is 11.6. The van der Waals surface area contributed by atoms with E-state index in [-0.39, 0.29) is 5.97 Å². The molecule has 0 aliphatic rings. The van der Waals surface area contributed by atoms with Gasteiger partial charge < -0.3 is 4.74 Å². The third-order valence-corrected chi connectivity index (χ3v) is 3.34. The van der Waals surface area contributed by atoms with E-state index in [1.165, 1.54) is 5.56 Å². The minimum absolute atomic E-state index is 0.303. The number of benzene rings is 2. The molecular weight excluding hydrogens is 274 g/mol. The molecule has 0 spiro atoms. The third-order valence-electron chi connectivity index (χ3n) is 3.34. The van der Waals surface area contributed by atoms with Crippen molar-refractivity contribution in [2.75, 3.05) is 6.61 Å². The zero-order valence-electron chi connectivity index (χ0n) is 13.2. The van der Waals surface area contributed by atoms with Crippen molar-refractivity contribution in [3.63, 3.8) is 0 Å². The lowest BCUT2D eigenvalue weighted by Gasteiger charge is -2.04. The summed E-state index contributed by atoms with van der Waals surface area (Å²) in [6.45, 7) is 6.52. The summed E-state index contributed by atoms with van der Waals surface area (Å²) in [5.41, 5.74) is 3.72.